The zero-order valence-corrected chi connectivity index (χ0v) is 46.4. The van der Waals surface area contributed by atoms with E-state index in [4.69, 9.17) is 15.0 Å². The van der Waals surface area contributed by atoms with E-state index in [1.807, 2.05) is 12.3 Å². The van der Waals surface area contributed by atoms with E-state index in [9.17, 15) is 0 Å². The van der Waals surface area contributed by atoms with Crippen LogP contribution in [0.1, 0.15) is 22.8 Å². The van der Waals surface area contributed by atoms with Gasteiger partial charge in [-0.25, -0.2) is 0 Å². The first-order valence-corrected chi connectivity index (χ1v) is 26.5. The van der Waals surface area contributed by atoms with Crippen LogP contribution in [0, 0.1) is 45.9 Å². The maximum absolute atomic E-state index is 5.11. The third-order valence-electron chi connectivity index (χ3n) is 15.7. The molecule has 5 aromatic heterocycles. The Bertz CT molecular complexity index is 4460. The van der Waals surface area contributed by atoms with Gasteiger partial charge in [0.15, 0.2) is 0 Å². The van der Waals surface area contributed by atoms with Crippen LogP contribution in [0.3, 0.4) is 0 Å². The Balaban J connectivity index is 0.00000591. The van der Waals surface area contributed by atoms with Gasteiger partial charge in [-0.1, -0.05) is 174 Å². The van der Waals surface area contributed by atoms with Crippen molar-refractivity contribution in [2.24, 2.45) is 0 Å². The zero-order valence-electron chi connectivity index (χ0n) is 44.0. The monoisotopic (exact) mass is 1190 g/mol. The Morgan fingerprint density at radius 3 is 1.24 bits per heavy atom. The van der Waals surface area contributed by atoms with Gasteiger partial charge >= 0.3 is 20.1 Å². The Hall–Kier alpha value is -9.32. The molecule has 9 aromatic carbocycles. The molecule has 79 heavy (non-hydrogen) atoms. The fraction of sp³-hybridized carbons (Fsp3) is 0.0548. The largest absolute Gasteiger partial charge is 3.00 e. The number of benzene rings is 9. The average Bonchev–Trinajstić information content (AvgIpc) is 4.21. The van der Waals surface area contributed by atoms with Crippen molar-refractivity contribution in [3.05, 3.63) is 272 Å². The van der Waals surface area contributed by atoms with Gasteiger partial charge in [0.1, 0.15) is 0 Å². The smallest absolute Gasteiger partial charge is 0.344 e. The number of rotatable bonds is 9. The van der Waals surface area contributed by atoms with Crippen LogP contribution < -0.4 is 0 Å². The quantitative estimate of drug-likeness (QED) is 0.135. The summed E-state index contributed by atoms with van der Waals surface area (Å²) in [6.45, 7) is 8.37. The van der Waals surface area contributed by atoms with Crippen LogP contribution in [0.5, 0.6) is 0 Å². The maximum atomic E-state index is 5.11. The van der Waals surface area contributed by atoms with Crippen molar-refractivity contribution >= 4 is 32.8 Å². The molecule has 14 aromatic rings. The summed E-state index contributed by atoms with van der Waals surface area (Å²) in [4.78, 5) is 15.0. The van der Waals surface area contributed by atoms with Crippen molar-refractivity contribution in [2.45, 2.75) is 27.7 Å². The van der Waals surface area contributed by atoms with Crippen molar-refractivity contribution in [3.8, 4) is 100 Å². The summed E-state index contributed by atoms with van der Waals surface area (Å²) in [5.41, 5.74) is 25.9. The Morgan fingerprint density at radius 1 is 0.354 bits per heavy atom. The minimum absolute atomic E-state index is 0. The first kappa shape index (κ1) is 49.3. The number of hydrogen-bond donors (Lipinski definition) is 0. The van der Waals surface area contributed by atoms with E-state index >= 15 is 0 Å². The molecule has 0 fully saturated rings. The molecule has 0 radical (unpaired) electrons. The van der Waals surface area contributed by atoms with Gasteiger partial charge in [0.2, 0.25) is 0 Å². The summed E-state index contributed by atoms with van der Waals surface area (Å²) in [5, 5.41) is 4.22. The molecule has 0 aliphatic rings. The van der Waals surface area contributed by atoms with E-state index in [0.29, 0.717) is 0 Å². The van der Waals surface area contributed by atoms with Crippen LogP contribution in [0.25, 0.3) is 133 Å². The molecule has 0 amide bonds. The summed E-state index contributed by atoms with van der Waals surface area (Å²) < 4.78 is 4.32. The molecule has 0 aliphatic carbocycles. The van der Waals surface area contributed by atoms with Gasteiger partial charge in [-0.2, -0.15) is 0 Å². The number of hydrogen-bond acceptors (Lipinski definition) is 3. The van der Waals surface area contributed by atoms with Crippen LogP contribution in [-0.4, -0.2) is 23.8 Å². The average molecular weight is 1190 g/mol. The summed E-state index contributed by atoms with van der Waals surface area (Å²) in [6.07, 6.45) is 6.26. The molecule has 0 bridgehead atoms. The fourth-order valence-corrected chi connectivity index (χ4v) is 11.3. The predicted octanol–water partition coefficient (Wildman–Crippen LogP) is 18.3. The van der Waals surface area contributed by atoms with Crippen LogP contribution in [0.15, 0.2) is 231 Å². The third kappa shape index (κ3) is 8.86. The Morgan fingerprint density at radius 2 is 0.772 bits per heavy atom. The maximum Gasteiger partial charge on any atom is 3.00 e. The second-order valence-electron chi connectivity index (χ2n) is 20.3. The molecule has 0 N–H and O–H groups in total. The van der Waals surface area contributed by atoms with E-state index in [2.05, 4.69) is 273 Å². The fourth-order valence-electron chi connectivity index (χ4n) is 11.3. The summed E-state index contributed by atoms with van der Waals surface area (Å²) in [5.74, 6) is 0. The topological polar surface area (TPSA) is 47.5 Å². The zero-order chi connectivity index (χ0) is 52.4. The molecule has 0 aliphatic heterocycles. The van der Waals surface area contributed by atoms with E-state index < -0.39 is 0 Å². The second kappa shape index (κ2) is 20.2. The minimum Gasteiger partial charge on any atom is -0.344 e. The predicted molar refractivity (Wildman–Crippen MR) is 321 cm³/mol. The van der Waals surface area contributed by atoms with Gasteiger partial charge in [0, 0.05) is 29.0 Å². The summed E-state index contributed by atoms with van der Waals surface area (Å²) in [6, 6.07) is 87.1. The van der Waals surface area contributed by atoms with Crippen LogP contribution in [-0.2, 0) is 20.1 Å². The van der Waals surface area contributed by atoms with Gasteiger partial charge in [0.05, 0.1) is 11.3 Å². The van der Waals surface area contributed by atoms with Gasteiger partial charge < -0.3 is 13.8 Å². The van der Waals surface area contributed by atoms with Crippen LogP contribution >= 0.6 is 0 Å². The molecule has 5 nitrogen and oxygen atoms in total. The molecule has 0 saturated carbocycles. The van der Waals surface area contributed by atoms with Crippen molar-refractivity contribution in [1.29, 1.82) is 0 Å². The minimum atomic E-state index is 0. The number of nitrogens with zero attached hydrogens (tertiary/aromatic N) is 5. The normalized spacial score (nSPS) is 11.4. The summed E-state index contributed by atoms with van der Waals surface area (Å²) >= 11 is 0. The van der Waals surface area contributed by atoms with E-state index in [-0.39, 0.29) is 20.1 Å². The number of aromatic nitrogens is 5. The SMILES string of the molecule is Cc1nc2c3[c-]cc(-c4ccccc4-c4cc(-c5ccccc5-c5ccc(-c6[c-]ccc(-c7ccc(-c8ccccc8)cc7)c6)nc5)cc(-c5ccccc5-c5c[c-]c6c(ccn7c(C)c(C)nc67)c5)c4)cc3ccn2c1C.[Ir+3]. The molecule has 14 rings (SSSR count). The molecular formula is C73H50IrN5. The molecule has 0 spiro atoms. The van der Waals surface area contributed by atoms with E-state index in [1.54, 1.807) is 0 Å². The van der Waals surface area contributed by atoms with Crippen LogP contribution in [0.2, 0.25) is 0 Å². The van der Waals surface area contributed by atoms with Gasteiger partial charge in [0.25, 0.3) is 0 Å². The Labute approximate surface area is 473 Å². The van der Waals surface area contributed by atoms with E-state index in [0.717, 1.165) is 145 Å². The van der Waals surface area contributed by atoms with Crippen molar-refractivity contribution < 1.29 is 20.1 Å². The number of pyridine rings is 3. The third-order valence-corrected chi connectivity index (χ3v) is 15.7. The van der Waals surface area contributed by atoms with Gasteiger partial charge in [-0.05, 0) is 125 Å². The van der Waals surface area contributed by atoms with Crippen LogP contribution in [0.4, 0.5) is 0 Å². The number of aryl methyl sites for hydroxylation is 4. The molecular weight excluding hydrogens is 1140 g/mol. The van der Waals surface area contributed by atoms with Gasteiger partial charge in [-0.15, -0.1) is 93.3 Å². The molecule has 0 saturated heterocycles. The second-order valence-corrected chi connectivity index (χ2v) is 20.3. The number of fused-ring (bicyclic) bond motifs is 6. The molecule has 376 valence electrons. The molecule has 0 atom stereocenters. The summed E-state index contributed by atoms with van der Waals surface area (Å²) in [7, 11) is 0. The molecule has 5 heterocycles. The van der Waals surface area contributed by atoms with Crippen molar-refractivity contribution in [2.75, 3.05) is 0 Å². The first-order valence-electron chi connectivity index (χ1n) is 26.5. The van der Waals surface area contributed by atoms with Crippen molar-refractivity contribution in [3.63, 3.8) is 0 Å². The first-order chi connectivity index (χ1) is 38.3. The van der Waals surface area contributed by atoms with Gasteiger partial charge in [-0.3, -0.25) is 9.97 Å². The Kier molecular flexibility index (Phi) is 12.6. The molecule has 6 heteroatoms. The number of imidazole rings is 2. The van der Waals surface area contributed by atoms with Crippen molar-refractivity contribution in [1.82, 2.24) is 23.8 Å². The molecule has 0 unspecified atom stereocenters. The van der Waals surface area contributed by atoms with E-state index in [1.165, 1.54) is 11.1 Å². The standard InChI is InChI=1S/C73H50N5.Ir/c1-46-48(3)77-37-35-56-40-54(29-32-69(56)72(77)75-46)63-19-8-11-22-66(63)60-42-61(67-23-12-9-20-64(67)55-30-33-70-57(41-55)36-38-78-49(4)47(2)76-73(70)78)44-62(43-60)68-24-13-10-21-65(68)59-31-34-71(74-45-59)58-18-14-17-53(39-58)52-27-25-51(26-28-52)50-15-6-5-7-16-50;/h5-17,19-31,34-45H,1-4H3;/q-3;+3.